The van der Waals surface area contributed by atoms with Crippen LogP contribution >= 0.6 is 0 Å². The summed E-state index contributed by atoms with van der Waals surface area (Å²) in [5.41, 5.74) is 7.41. The van der Waals surface area contributed by atoms with Gasteiger partial charge >= 0.3 is 5.97 Å². The maximum atomic E-state index is 14.0. The van der Waals surface area contributed by atoms with Gasteiger partial charge in [-0.15, -0.1) is 0 Å². The van der Waals surface area contributed by atoms with E-state index in [9.17, 15) is 9.18 Å². The Morgan fingerprint density at radius 3 is 2.38 bits per heavy atom. The molecule has 0 fully saturated rings. The van der Waals surface area contributed by atoms with Crippen molar-refractivity contribution in [2.24, 2.45) is 0 Å². The zero-order valence-corrected chi connectivity index (χ0v) is 21.5. The first-order valence-electron chi connectivity index (χ1n) is 12.9. The molecule has 0 spiro atoms. The van der Waals surface area contributed by atoms with E-state index in [1.165, 1.54) is 19.2 Å². The molecule has 194 valence electrons. The number of nitrogens with one attached hydrogen (secondary N) is 1. The van der Waals surface area contributed by atoms with Crippen molar-refractivity contribution in [1.29, 1.82) is 0 Å². The summed E-state index contributed by atoms with van der Waals surface area (Å²) in [6.07, 6.45) is 2.88. The van der Waals surface area contributed by atoms with E-state index >= 15 is 0 Å². The molecule has 1 N–H and O–H groups in total. The van der Waals surface area contributed by atoms with Crippen molar-refractivity contribution in [3.63, 3.8) is 0 Å². The summed E-state index contributed by atoms with van der Waals surface area (Å²) >= 11 is 0. The maximum Gasteiger partial charge on any atom is 0.337 e. The van der Waals surface area contributed by atoms with E-state index in [0.717, 1.165) is 63.3 Å². The summed E-state index contributed by atoms with van der Waals surface area (Å²) in [5, 5.41) is 4.30. The number of fused-ring (bicyclic) bond motifs is 1. The lowest BCUT2D eigenvalue weighted by molar-refractivity contribution is 0.0600. The van der Waals surface area contributed by atoms with Crippen molar-refractivity contribution in [2.75, 3.05) is 13.7 Å². The number of halogens is 1. The van der Waals surface area contributed by atoms with Gasteiger partial charge in [0.2, 0.25) is 0 Å². The Morgan fingerprint density at radius 1 is 0.923 bits per heavy atom. The van der Waals surface area contributed by atoms with Crippen molar-refractivity contribution in [3.8, 4) is 22.6 Å². The first-order valence-corrected chi connectivity index (χ1v) is 12.9. The number of esters is 1. The molecule has 0 atom stereocenters. The second kappa shape index (κ2) is 10.5. The second-order valence-corrected chi connectivity index (χ2v) is 9.40. The molecule has 1 aliphatic heterocycles. The van der Waals surface area contributed by atoms with Gasteiger partial charge in [0.1, 0.15) is 18.2 Å². The average molecular weight is 519 g/mol. The van der Waals surface area contributed by atoms with Crippen molar-refractivity contribution in [3.05, 3.63) is 126 Å². The van der Waals surface area contributed by atoms with Gasteiger partial charge in [-0.25, -0.2) is 9.18 Å². The van der Waals surface area contributed by atoms with E-state index in [4.69, 9.17) is 9.47 Å². The molecule has 4 aromatic carbocycles. The van der Waals surface area contributed by atoms with Crippen molar-refractivity contribution in [2.45, 2.75) is 13.0 Å². The highest BCUT2D eigenvalue weighted by atomic mass is 19.1. The first kappa shape index (κ1) is 24.5. The van der Waals surface area contributed by atoms with Crippen LogP contribution in [0.1, 0.15) is 28.0 Å². The molecule has 2 heterocycles. The number of ether oxygens (including phenoxy) is 2. The molecule has 0 saturated carbocycles. The summed E-state index contributed by atoms with van der Waals surface area (Å²) in [5.74, 6) is 0.0752. The Kier molecular flexibility index (Phi) is 6.59. The Hall–Kier alpha value is -4.84. The Morgan fingerprint density at radius 2 is 1.69 bits per heavy atom. The predicted octanol–water partition coefficient (Wildman–Crippen LogP) is 7.14. The zero-order chi connectivity index (χ0) is 26.8. The summed E-state index contributed by atoms with van der Waals surface area (Å²) in [6.45, 7) is 1.25. The van der Waals surface area contributed by atoms with Crippen LogP contribution < -0.4 is 10.1 Å². The average Bonchev–Trinajstić information content (AvgIpc) is 3.63. The number of benzene rings is 4. The van der Waals surface area contributed by atoms with Gasteiger partial charge in [0.05, 0.1) is 29.3 Å². The number of hydrogen-bond donors (Lipinski definition) is 1. The third-order valence-corrected chi connectivity index (χ3v) is 6.99. The van der Waals surface area contributed by atoms with Crippen LogP contribution in [0.2, 0.25) is 0 Å². The minimum atomic E-state index is -0.384. The maximum absolute atomic E-state index is 14.0. The monoisotopic (exact) mass is 518 g/mol. The molecule has 5 nitrogen and oxygen atoms in total. The van der Waals surface area contributed by atoms with Gasteiger partial charge in [-0.05, 0) is 71.7 Å². The van der Waals surface area contributed by atoms with Crippen LogP contribution in [-0.2, 0) is 11.3 Å². The van der Waals surface area contributed by atoms with E-state index in [0.29, 0.717) is 12.2 Å². The lowest BCUT2D eigenvalue weighted by Crippen LogP contribution is -2.02. The summed E-state index contributed by atoms with van der Waals surface area (Å²) in [4.78, 5) is 12.1. The number of nitrogens with zero attached hydrogens (tertiary/aromatic N) is 1. The fraction of sp³-hybridized carbons (Fsp3) is 0.121. The van der Waals surface area contributed by atoms with Gasteiger partial charge in [-0.1, -0.05) is 48.5 Å². The van der Waals surface area contributed by atoms with Crippen LogP contribution in [-0.4, -0.2) is 24.2 Å². The minimum absolute atomic E-state index is 0.288. The molecular weight excluding hydrogens is 491 g/mol. The van der Waals surface area contributed by atoms with Crippen molar-refractivity contribution >= 4 is 22.4 Å². The van der Waals surface area contributed by atoms with Gasteiger partial charge in [0.15, 0.2) is 0 Å². The lowest BCUT2D eigenvalue weighted by Gasteiger charge is -2.14. The molecule has 0 aliphatic carbocycles. The predicted molar refractivity (Wildman–Crippen MR) is 151 cm³/mol. The number of aromatic nitrogens is 1. The smallest absolute Gasteiger partial charge is 0.337 e. The quantitative estimate of drug-likeness (QED) is 0.233. The summed E-state index contributed by atoms with van der Waals surface area (Å²) in [6, 6.07) is 30.1. The molecule has 1 aliphatic rings. The Balaban J connectivity index is 1.62. The standard InChI is InChI=1S/C33H27FN2O3/c1-38-33(37)24-12-10-23(11-13-24)30-31-28(8-5-9-29(31)39-21-22-6-3-2-4-7-22)36(27-16-14-26(34)15-17-27)32(30)25-18-19-35-20-25/h2-17,20,35H,18-19,21H2,1H3. The molecule has 6 heteroatoms. The highest BCUT2D eigenvalue weighted by Gasteiger charge is 2.26. The number of methoxy groups -OCH3 is 1. The number of carbonyl (C=O) groups excluding carboxylic acids is 1. The van der Waals surface area contributed by atoms with Crippen molar-refractivity contribution < 1.29 is 18.7 Å². The van der Waals surface area contributed by atoms with Crippen LogP contribution in [0.15, 0.2) is 103 Å². The highest BCUT2D eigenvalue weighted by Crippen LogP contribution is 2.45. The minimum Gasteiger partial charge on any atom is -0.488 e. The van der Waals surface area contributed by atoms with E-state index in [1.807, 2.05) is 60.8 Å². The van der Waals surface area contributed by atoms with E-state index in [1.54, 1.807) is 24.3 Å². The summed E-state index contributed by atoms with van der Waals surface area (Å²) in [7, 11) is 1.38. The molecule has 1 aromatic heterocycles. The highest BCUT2D eigenvalue weighted by molar-refractivity contribution is 6.07. The Bertz CT molecular complexity index is 1670. The fourth-order valence-corrected chi connectivity index (χ4v) is 5.16. The number of carbonyl (C=O) groups is 1. The van der Waals surface area contributed by atoms with Gasteiger partial charge in [0.25, 0.3) is 0 Å². The van der Waals surface area contributed by atoms with Crippen LogP contribution in [0.3, 0.4) is 0 Å². The van der Waals surface area contributed by atoms with E-state index in [2.05, 4.69) is 16.0 Å². The summed E-state index contributed by atoms with van der Waals surface area (Å²) < 4.78 is 27.5. The molecule has 39 heavy (non-hydrogen) atoms. The van der Waals surface area contributed by atoms with Gasteiger partial charge in [-0.2, -0.15) is 0 Å². The topological polar surface area (TPSA) is 52.5 Å². The molecular formula is C33H27FN2O3. The van der Waals surface area contributed by atoms with E-state index < -0.39 is 0 Å². The number of hydrogen-bond acceptors (Lipinski definition) is 4. The molecule has 6 rings (SSSR count). The van der Waals surface area contributed by atoms with Gasteiger partial charge in [-0.3, -0.25) is 0 Å². The Labute approximate surface area is 226 Å². The third-order valence-electron chi connectivity index (χ3n) is 6.99. The SMILES string of the molecule is COC(=O)c1ccc(-c2c(C3=CNCC3)n(-c3ccc(F)cc3)c3cccc(OCc4ccccc4)c23)cc1. The lowest BCUT2D eigenvalue weighted by atomic mass is 9.96. The zero-order valence-electron chi connectivity index (χ0n) is 21.5. The molecule has 0 bridgehead atoms. The number of rotatable bonds is 7. The third kappa shape index (κ3) is 4.66. The molecule has 0 saturated heterocycles. The van der Waals surface area contributed by atoms with Crippen LogP contribution in [0.5, 0.6) is 5.75 Å². The first-order chi connectivity index (χ1) is 19.1. The normalized spacial score (nSPS) is 12.7. The van der Waals surface area contributed by atoms with Gasteiger partial charge in [0, 0.05) is 24.0 Å². The van der Waals surface area contributed by atoms with E-state index in [-0.39, 0.29) is 11.8 Å². The largest absolute Gasteiger partial charge is 0.488 e. The van der Waals surface area contributed by atoms with Crippen LogP contribution in [0.4, 0.5) is 4.39 Å². The molecule has 5 aromatic rings. The fourth-order valence-electron chi connectivity index (χ4n) is 5.16. The second-order valence-electron chi connectivity index (χ2n) is 9.40. The van der Waals surface area contributed by atoms with Crippen molar-refractivity contribution in [1.82, 2.24) is 9.88 Å². The van der Waals surface area contributed by atoms with Crippen LogP contribution in [0, 0.1) is 5.82 Å². The molecule has 0 radical (unpaired) electrons. The molecule has 0 unspecified atom stereocenters. The van der Waals surface area contributed by atoms with Crippen LogP contribution in [0.25, 0.3) is 33.3 Å². The van der Waals surface area contributed by atoms with Gasteiger partial charge < -0.3 is 19.4 Å². The molecule has 0 amide bonds.